The first-order valence-electron chi connectivity index (χ1n) is 9.05. The number of aromatic nitrogens is 1. The van der Waals surface area contributed by atoms with Gasteiger partial charge in [0.2, 0.25) is 11.8 Å². The number of benzene rings is 1. The molecule has 144 valence electrons. The molecule has 1 fully saturated rings. The van der Waals surface area contributed by atoms with Gasteiger partial charge in [-0.25, -0.2) is 4.98 Å². The predicted octanol–water partition coefficient (Wildman–Crippen LogP) is 2.50. The Labute approximate surface area is 158 Å². The lowest BCUT2D eigenvalue weighted by molar-refractivity contribution is 0.0662. The molecule has 27 heavy (non-hydrogen) atoms. The van der Waals surface area contributed by atoms with Gasteiger partial charge in [0.1, 0.15) is 0 Å². The number of pyridine rings is 1. The number of hydrogen-bond donors (Lipinski definition) is 2. The second-order valence-electron chi connectivity index (χ2n) is 6.52. The number of amides is 1. The number of methoxy groups -OCH3 is 1. The van der Waals surface area contributed by atoms with Gasteiger partial charge < -0.3 is 25.3 Å². The lowest BCUT2D eigenvalue weighted by Gasteiger charge is -2.22. The predicted molar refractivity (Wildman–Crippen MR) is 101 cm³/mol. The first-order chi connectivity index (χ1) is 13.2. The van der Waals surface area contributed by atoms with E-state index in [-0.39, 0.29) is 0 Å². The summed E-state index contributed by atoms with van der Waals surface area (Å²) in [7, 11) is 1.60. The third-order valence-electron chi connectivity index (χ3n) is 4.57. The number of ether oxygens (including phenoxy) is 3. The smallest absolute Gasteiger partial charge is 0.250 e. The Morgan fingerprint density at radius 1 is 1.26 bits per heavy atom. The lowest BCUT2D eigenvalue weighted by Crippen LogP contribution is -2.27. The minimum absolute atomic E-state index is 0.334. The molecule has 7 heteroatoms. The summed E-state index contributed by atoms with van der Waals surface area (Å²) in [6, 6.07) is 8.97. The normalized spacial score (nSPS) is 14.7. The highest BCUT2D eigenvalue weighted by molar-refractivity contribution is 5.92. The second-order valence-corrected chi connectivity index (χ2v) is 6.52. The van der Waals surface area contributed by atoms with E-state index in [0.29, 0.717) is 28.9 Å². The van der Waals surface area contributed by atoms with Gasteiger partial charge in [0.25, 0.3) is 0 Å². The number of nitrogens with two attached hydrogens (primary N) is 1. The summed E-state index contributed by atoms with van der Waals surface area (Å²) in [5.41, 5.74) is 6.66. The molecule has 0 saturated carbocycles. The highest BCUT2D eigenvalue weighted by Crippen LogP contribution is 2.31. The monoisotopic (exact) mass is 371 g/mol. The van der Waals surface area contributed by atoms with Crippen molar-refractivity contribution in [2.45, 2.75) is 19.4 Å². The molecule has 0 aliphatic carbocycles. The van der Waals surface area contributed by atoms with Crippen molar-refractivity contribution in [3.8, 4) is 17.4 Å². The van der Waals surface area contributed by atoms with Gasteiger partial charge in [0.05, 0.1) is 12.7 Å². The van der Waals surface area contributed by atoms with Crippen molar-refractivity contribution in [1.29, 1.82) is 0 Å². The van der Waals surface area contributed by atoms with Crippen LogP contribution in [0.1, 0.15) is 28.8 Å². The molecule has 1 aromatic carbocycles. The van der Waals surface area contributed by atoms with E-state index in [4.69, 9.17) is 19.9 Å². The number of hydrogen-bond acceptors (Lipinski definition) is 6. The first kappa shape index (κ1) is 19.1. The molecule has 1 saturated heterocycles. The lowest BCUT2D eigenvalue weighted by atomic mass is 10.0. The first-order valence-corrected chi connectivity index (χ1v) is 9.05. The molecule has 1 amide bonds. The fourth-order valence-corrected chi connectivity index (χ4v) is 2.98. The Hall–Kier alpha value is -2.64. The van der Waals surface area contributed by atoms with Crippen LogP contribution in [-0.2, 0) is 11.3 Å². The molecule has 7 nitrogen and oxygen atoms in total. The molecule has 0 atom stereocenters. The van der Waals surface area contributed by atoms with Crippen molar-refractivity contribution in [3.63, 3.8) is 0 Å². The zero-order valence-electron chi connectivity index (χ0n) is 15.4. The van der Waals surface area contributed by atoms with Crippen LogP contribution in [0.15, 0.2) is 36.5 Å². The fourth-order valence-electron chi connectivity index (χ4n) is 2.98. The van der Waals surface area contributed by atoms with Crippen molar-refractivity contribution in [3.05, 3.63) is 47.7 Å². The van der Waals surface area contributed by atoms with Crippen LogP contribution in [0.5, 0.6) is 17.4 Å². The van der Waals surface area contributed by atoms with Gasteiger partial charge >= 0.3 is 0 Å². The van der Waals surface area contributed by atoms with Crippen LogP contribution in [0, 0.1) is 5.92 Å². The van der Waals surface area contributed by atoms with E-state index >= 15 is 0 Å². The van der Waals surface area contributed by atoms with Gasteiger partial charge in [0, 0.05) is 32.0 Å². The highest BCUT2D eigenvalue weighted by Gasteiger charge is 2.13. The van der Waals surface area contributed by atoms with Gasteiger partial charge in [-0.3, -0.25) is 4.79 Å². The van der Waals surface area contributed by atoms with Crippen molar-refractivity contribution in [2.75, 3.05) is 26.9 Å². The molecular formula is C20H25N3O4. The maximum absolute atomic E-state index is 11.1. The number of carbonyl (C=O) groups is 1. The minimum Gasteiger partial charge on any atom is -0.493 e. The van der Waals surface area contributed by atoms with E-state index in [1.165, 1.54) is 6.20 Å². The fraction of sp³-hybridized carbons (Fsp3) is 0.400. The summed E-state index contributed by atoms with van der Waals surface area (Å²) in [5, 5.41) is 3.50. The van der Waals surface area contributed by atoms with E-state index in [1.54, 1.807) is 19.2 Å². The van der Waals surface area contributed by atoms with Crippen LogP contribution in [0.25, 0.3) is 0 Å². The summed E-state index contributed by atoms with van der Waals surface area (Å²) < 4.78 is 16.6. The van der Waals surface area contributed by atoms with Crippen molar-refractivity contribution < 1.29 is 19.0 Å². The van der Waals surface area contributed by atoms with E-state index in [9.17, 15) is 4.79 Å². The third kappa shape index (κ3) is 5.42. The molecule has 0 unspecified atom stereocenters. The molecule has 2 heterocycles. The van der Waals surface area contributed by atoms with Crippen molar-refractivity contribution >= 4 is 5.91 Å². The maximum Gasteiger partial charge on any atom is 0.250 e. The number of carbonyl (C=O) groups excluding carboxylic acids is 1. The Bertz CT molecular complexity index is 758. The molecule has 2 aromatic rings. The zero-order chi connectivity index (χ0) is 19.1. The summed E-state index contributed by atoms with van der Waals surface area (Å²) in [4.78, 5) is 15.2. The molecule has 1 aliphatic rings. The van der Waals surface area contributed by atoms with Gasteiger partial charge in [-0.15, -0.1) is 0 Å². The molecule has 1 aromatic heterocycles. The molecule has 3 rings (SSSR count). The molecule has 0 radical (unpaired) electrons. The zero-order valence-corrected chi connectivity index (χ0v) is 15.4. The Morgan fingerprint density at radius 2 is 2.07 bits per heavy atom. The molecule has 0 bridgehead atoms. The van der Waals surface area contributed by atoms with Crippen LogP contribution >= 0.6 is 0 Å². The molecule has 3 N–H and O–H groups in total. The Kier molecular flexibility index (Phi) is 6.62. The number of nitrogens with zero attached hydrogens (tertiary/aromatic N) is 1. The summed E-state index contributed by atoms with van der Waals surface area (Å²) in [6.07, 6.45) is 3.62. The Balaban J connectivity index is 1.58. The molecular weight excluding hydrogens is 346 g/mol. The van der Waals surface area contributed by atoms with Crippen LogP contribution < -0.4 is 20.5 Å². The SMILES string of the molecule is COc1cc(CNCC2CCOCC2)ccc1Oc1ccc(C(N)=O)cn1. The van der Waals surface area contributed by atoms with Gasteiger partial charge in [-0.1, -0.05) is 6.07 Å². The van der Waals surface area contributed by atoms with E-state index in [1.807, 2.05) is 18.2 Å². The number of rotatable bonds is 8. The topological polar surface area (TPSA) is 95.7 Å². The molecule has 1 aliphatic heterocycles. The van der Waals surface area contributed by atoms with Crippen LogP contribution in [-0.4, -0.2) is 37.8 Å². The average Bonchev–Trinajstić information content (AvgIpc) is 2.70. The Morgan fingerprint density at radius 3 is 2.74 bits per heavy atom. The molecule has 0 spiro atoms. The average molecular weight is 371 g/mol. The number of nitrogens with one attached hydrogen (secondary N) is 1. The second kappa shape index (κ2) is 9.34. The van der Waals surface area contributed by atoms with Crippen molar-refractivity contribution in [2.24, 2.45) is 11.7 Å². The summed E-state index contributed by atoms with van der Waals surface area (Å²) in [6.45, 7) is 3.47. The van der Waals surface area contributed by atoms with Gasteiger partial charge in [-0.05, 0) is 49.1 Å². The van der Waals surface area contributed by atoms with Gasteiger partial charge in [-0.2, -0.15) is 0 Å². The summed E-state index contributed by atoms with van der Waals surface area (Å²) >= 11 is 0. The van der Waals surface area contributed by atoms with E-state index in [0.717, 1.165) is 44.7 Å². The van der Waals surface area contributed by atoms with E-state index < -0.39 is 5.91 Å². The highest BCUT2D eigenvalue weighted by atomic mass is 16.5. The standard InChI is InChI=1S/C20H25N3O4/c1-25-18-10-15(12-22-11-14-6-8-26-9-7-14)2-4-17(18)27-19-5-3-16(13-23-19)20(21)24/h2-5,10,13-14,22H,6-9,11-12H2,1H3,(H2,21,24). The van der Waals surface area contributed by atoms with Crippen LogP contribution in [0.2, 0.25) is 0 Å². The van der Waals surface area contributed by atoms with E-state index in [2.05, 4.69) is 10.3 Å². The number of primary amides is 1. The third-order valence-corrected chi connectivity index (χ3v) is 4.57. The van der Waals surface area contributed by atoms with Crippen LogP contribution in [0.4, 0.5) is 0 Å². The van der Waals surface area contributed by atoms with Gasteiger partial charge in [0.15, 0.2) is 11.5 Å². The quantitative estimate of drug-likeness (QED) is 0.740. The minimum atomic E-state index is -0.524. The largest absolute Gasteiger partial charge is 0.493 e. The maximum atomic E-state index is 11.1. The summed E-state index contributed by atoms with van der Waals surface area (Å²) in [5.74, 6) is 1.71. The van der Waals surface area contributed by atoms with Crippen molar-refractivity contribution in [1.82, 2.24) is 10.3 Å². The van der Waals surface area contributed by atoms with Crippen LogP contribution in [0.3, 0.4) is 0 Å².